The lowest BCUT2D eigenvalue weighted by Gasteiger charge is -2.06. The molecule has 0 aliphatic heterocycles. The number of fused-ring (bicyclic) bond motifs is 2. The molecule has 0 aliphatic carbocycles. The van der Waals surface area contributed by atoms with Gasteiger partial charge in [0.25, 0.3) is 0 Å². The zero-order valence-electron chi connectivity index (χ0n) is 19.8. The molecule has 10 nitrogen and oxygen atoms in total. The van der Waals surface area contributed by atoms with Crippen molar-refractivity contribution in [2.45, 2.75) is 19.1 Å². The Balaban J connectivity index is 0.000000426. The molecule has 198 valence electrons. The fourth-order valence-electron chi connectivity index (χ4n) is 4.16. The molecule has 0 saturated carbocycles. The minimum absolute atomic E-state index is 0.0203. The number of benzene rings is 2. The molecule has 0 atom stereocenters. The summed E-state index contributed by atoms with van der Waals surface area (Å²) in [6.07, 6.45) is 1.47. The molecule has 0 fully saturated rings. The third kappa shape index (κ3) is 5.40. The van der Waals surface area contributed by atoms with E-state index in [1.807, 2.05) is 42.6 Å². The van der Waals surface area contributed by atoms with Gasteiger partial charge in [0.15, 0.2) is 5.96 Å². The van der Waals surface area contributed by atoms with Crippen LogP contribution >= 0.6 is 0 Å². The molecular formula is C25H24F3N7O3. The zero-order chi connectivity index (χ0) is 27.4. The topological polar surface area (TPSA) is 158 Å². The van der Waals surface area contributed by atoms with Gasteiger partial charge in [0.05, 0.1) is 11.4 Å². The highest BCUT2D eigenvalue weighted by Crippen LogP contribution is 2.32. The number of alkyl halides is 3. The number of hydrogen-bond donors (Lipinski definition) is 6. The average Bonchev–Trinajstić information content (AvgIpc) is 3.56. The highest BCUT2D eigenvalue weighted by molar-refractivity contribution is 5.96. The Kier molecular flexibility index (Phi) is 7.28. The summed E-state index contributed by atoms with van der Waals surface area (Å²) in [6.45, 7) is 1.39. The molecule has 5 rings (SSSR count). The number of hydrogen-bond acceptors (Lipinski definition) is 3. The normalized spacial score (nSPS) is 11.3. The molecule has 13 heteroatoms. The maximum absolute atomic E-state index is 12.8. The van der Waals surface area contributed by atoms with E-state index in [0.717, 1.165) is 51.7 Å². The largest absolute Gasteiger partial charge is 0.490 e. The number of carboxylic acids is 1. The van der Waals surface area contributed by atoms with E-state index in [-0.39, 0.29) is 11.6 Å². The average molecular weight is 528 g/mol. The Bertz CT molecular complexity index is 1660. The van der Waals surface area contributed by atoms with Crippen LogP contribution in [0.2, 0.25) is 0 Å². The molecule has 0 saturated heterocycles. The summed E-state index contributed by atoms with van der Waals surface area (Å²) in [6, 6.07) is 16.1. The number of aromatic nitrogens is 4. The van der Waals surface area contributed by atoms with Gasteiger partial charge in [-0.25, -0.2) is 9.59 Å². The predicted molar refractivity (Wildman–Crippen MR) is 137 cm³/mol. The highest BCUT2D eigenvalue weighted by atomic mass is 19.4. The van der Waals surface area contributed by atoms with E-state index in [1.165, 1.54) is 0 Å². The number of aromatic amines is 2. The Hall–Kier alpha value is -4.94. The number of halogens is 3. The molecule has 2 aromatic carbocycles. The van der Waals surface area contributed by atoms with Crippen molar-refractivity contribution in [3.63, 3.8) is 0 Å². The van der Waals surface area contributed by atoms with E-state index in [9.17, 15) is 18.0 Å². The summed E-state index contributed by atoms with van der Waals surface area (Å²) >= 11 is 0. The first-order valence-corrected chi connectivity index (χ1v) is 11.4. The van der Waals surface area contributed by atoms with Gasteiger partial charge in [-0.1, -0.05) is 36.4 Å². The van der Waals surface area contributed by atoms with E-state index in [0.29, 0.717) is 6.54 Å². The molecule has 0 amide bonds. The van der Waals surface area contributed by atoms with Crippen molar-refractivity contribution in [2.75, 3.05) is 6.54 Å². The lowest BCUT2D eigenvalue weighted by Crippen LogP contribution is -2.31. The van der Waals surface area contributed by atoms with Crippen LogP contribution in [0.25, 0.3) is 38.8 Å². The number of carbonyl (C=O) groups is 1. The summed E-state index contributed by atoms with van der Waals surface area (Å²) in [4.78, 5) is 27.8. The number of H-pyrrole nitrogens is 2. The SMILES string of the molecule is N=C(N)NCCCn1cc(-c2c[nH]c(=O)n2-c2c[nH]c3ccccc23)c2ccccc21.O=C(O)C(F)(F)F. The van der Waals surface area contributed by atoms with E-state index >= 15 is 0 Å². The molecule has 0 aliphatic rings. The molecule has 3 aromatic heterocycles. The highest BCUT2D eigenvalue weighted by Gasteiger charge is 2.38. The van der Waals surface area contributed by atoms with Gasteiger partial charge in [-0.2, -0.15) is 13.2 Å². The summed E-state index contributed by atoms with van der Waals surface area (Å²) in [5, 5.41) is 19.3. The number of rotatable bonds is 6. The molecule has 5 aromatic rings. The standard InChI is InChI=1S/C23H23N7O.C2HF3O2/c24-22(25)26-10-5-11-29-14-17(15-6-2-4-9-19(15)29)21-13-28-23(31)30(21)20-12-27-18-8-3-1-7-16(18)20;3-2(4,5)1(6)7/h1-4,6-9,12-14,27H,5,10-11H2,(H,28,31)(H4,24,25,26);(H,6,7). The fraction of sp³-hybridized carbons (Fsp3) is 0.160. The summed E-state index contributed by atoms with van der Waals surface area (Å²) in [7, 11) is 0. The second-order valence-corrected chi connectivity index (χ2v) is 8.28. The number of para-hydroxylation sites is 2. The van der Waals surface area contributed by atoms with Crippen molar-refractivity contribution >= 4 is 33.7 Å². The van der Waals surface area contributed by atoms with Gasteiger partial charge in [0.1, 0.15) is 0 Å². The molecule has 0 radical (unpaired) electrons. The Labute approximate surface area is 213 Å². The van der Waals surface area contributed by atoms with Crippen LogP contribution in [0.3, 0.4) is 0 Å². The number of imidazole rings is 1. The minimum atomic E-state index is -5.08. The van der Waals surface area contributed by atoms with Crippen LogP contribution < -0.4 is 16.7 Å². The Morgan fingerprint density at radius 1 is 1.05 bits per heavy atom. The number of aryl methyl sites for hydroxylation is 1. The molecular weight excluding hydrogens is 503 g/mol. The van der Waals surface area contributed by atoms with Crippen LogP contribution in [-0.2, 0) is 11.3 Å². The van der Waals surface area contributed by atoms with Crippen molar-refractivity contribution < 1.29 is 23.1 Å². The third-order valence-corrected chi connectivity index (χ3v) is 5.78. The van der Waals surface area contributed by atoms with Crippen LogP contribution in [0.5, 0.6) is 0 Å². The summed E-state index contributed by atoms with van der Waals surface area (Å²) < 4.78 is 35.6. The van der Waals surface area contributed by atoms with Crippen molar-refractivity contribution in [3.05, 3.63) is 77.6 Å². The van der Waals surface area contributed by atoms with E-state index in [1.54, 1.807) is 10.8 Å². The molecule has 0 bridgehead atoms. The molecule has 0 unspecified atom stereocenters. The second kappa shape index (κ2) is 10.6. The molecule has 38 heavy (non-hydrogen) atoms. The van der Waals surface area contributed by atoms with Gasteiger partial charge < -0.3 is 30.7 Å². The molecule has 7 N–H and O–H groups in total. The van der Waals surface area contributed by atoms with Crippen molar-refractivity contribution in [3.8, 4) is 16.9 Å². The van der Waals surface area contributed by atoms with E-state index in [4.69, 9.17) is 21.0 Å². The monoisotopic (exact) mass is 527 g/mol. The number of nitrogens with one attached hydrogen (secondary N) is 4. The number of aliphatic carboxylic acids is 1. The van der Waals surface area contributed by atoms with Crippen molar-refractivity contribution in [1.29, 1.82) is 5.41 Å². The number of carboxylic acid groups (broad SMARTS) is 1. The van der Waals surface area contributed by atoms with E-state index in [2.05, 4.69) is 38.2 Å². The van der Waals surface area contributed by atoms with Crippen LogP contribution in [0, 0.1) is 5.41 Å². The van der Waals surface area contributed by atoms with Gasteiger partial charge in [-0.05, 0) is 18.6 Å². The van der Waals surface area contributed by atoms with Crippen LogP contribution in [0.15, 0.2) is 71.9 Å². The van der Waals surface area contributed by atoms with Crippen molar-refractivity contribution in [1.82, 2.24) is 24.4 Å². The molecule has 0 spiro atoms. The van der Waals surface area contributed by atoms with Crippen LogP contribution in [0.1, 0.15) is 6.42 Å². The van der Waals surface area contributed by atoms with Crippen LogP contribution in [0.4, 0.5) is 13.2 Å². The van der Waals surface area contributed by atoms with Crippen molar-refractivity contribution in [2.24, 2.45) is 5.73 Å². The number of guanidine groups is 1. The van der Waals surface area contributed by atoms with E-state index < -0.39 is 12.1 Å². The van der Waals surface area contributed by atoms with Gasteiger partial charge in [0.2, 0.25) is 0 Å². The Morgan fingerprint density at radius 2 is 1.71 bits per heavy atom. The lowest BCUT2D eigenvalue weighted by molar-refractivity contribution is -0.192. The smallest absolute Gasteiger partial charge is 0.475 e. The summed E-state index contributed by atoms with van der Waals surface area (Å²) in [5.74, 6) is -2.78. The zero-order valence-corrected chi connectivity index (χ0v) is 19.8. The second-order valence-electron chi connectivity index (χ2n) is 8.28. The van der Waals surface area contributed by atoms with Gasteiger partial charge in [-0.3, -0.25) is 9.98 Å². The quantitative estimate of drug-likeness (QED) is 0.113. The third-order valence-electron chi connectivity index (χ3n) is 5.78. The first-order valence-electron chi connectivity index (χ1n) is 11.4. The molecule has 3 heterocycles. The van der Waals surface area contributed by atoms with Gasteiger partial charge in [0, 0.05) is 59.0 Å². The number of nitrogens with two attached hydrogens (primary N) is 1. The lowest BCUT2D eigenvalue weighted by atomic mass is 10.1. The van der Waals surface area contributed by atoms with Gasteiger partial charge in [-0.15, -0.1) is 0 Å². The first kappa shape index (κ1) is 26.1. The van der Waals surface area contributed by atoms with Gasteiger partial charge >= 0.3 is 17.8 Å². The fourth-order valence-corrected chi connectivity index (χ4v) is 4.16. The first-order chi connectivity index (χ1) is 18.1. The maximum atomic E-state index is 12.8. The Morgan fingerprint density at radius 3 is 2.39 bits per heavy atom. The summed E-state index contributed by atoms with van der Waals surface area (Å²) in [5.41, 5.74) is 9.89. The maximum Gasteiger partial charge on any atom is 0.490 e. The minimum Gasteiger partial charge on any atom is -0.475 e. The predicted octanol–water partition coefficient (Wildman–Crippen LogP) is 3.78. The number of nitrogens with zero attached hydrogens (tertiary/aromatic N) is 2. The van der Waals surface area contributed by atoms with Crippen LogP contribution in [-0.4, -0.2) is 48.9 Å².